The molecule has 14 heavy (non-hydrogen) atoms. The highest BCUT2D eigenvalue weighted by molar-refractivity contribution is 8.93. The van der Waals surface area contributed by atoms with Crippen molar-refractivity contribution in [2.45, 2.75) is 12.8 Å². The van der Waals surface area contributed by atoms with E-state index in [9.17, 15) is 9.59 Å². The summed E-state index contributed by atoms with van der Waals surface area (Å²) in [5, 5.41) is 3.23. The third-order valence-corrected chi connectivity index (χ3v) is 2.41. The highest BCUT2D eigenvalue weighted by Gasteiger charge is 2.20. The van der Waals surface area contributed by atoms with Crippen molar-refractivity contribution < 1.29 is 9.59 Å². The van der Waals surface area contributed by atoms with Gasteiger partial charge in [-0.15, -0.1) is 17.0 Å². The van der Waals surface area contributed by atoms with Crippen LogP contribution in [0.2, 0.25) is 0 Å². The van der Waals surface area contributed by atoms with Crippen LogP contribution in [0.3, 0.4) is 0 Å². The maximum absolute atomic E-state index is 11.1. The molecule has 1 N–H and O–H groups in total. The smallest absolute Gasteiger partial charge is 0.225 e. The Morgan fingerprint density at radius 2 is 1.36 bits per heavy atom. The lowest BCUT2D eigenvalue weighted by atomic mass is 9.93. The van der Waals surface area contributed by atoms with Gasteiger partial charge in [0.05, 0.1) is 0 Å². The summed E-state index contributed by atoms with van der Waals surface area (Å²) in [5.41, 5.74) is 2.07. The van der Waals surface area contributed by atoms with Crippen molar-refractivity contribution in [3.05, 3.63) is 23.3 Å². The van der Waals surface area contributed by atoms with Crippen LogP contribution in [0, 0.1) is 0 Å². The summed E-state index contributed by atoms with van der Waals surface area (Å²) in [4.78, 5) is 22.1. The third kappa shape index (κ3) is 2.19. The minimum absolute atomic E-state index is 0. The van der Waals surface area contributed by atoms with Gasteiger partial charge in [0.1, 0.15) is 0 Å². The van der Waals surface area contributed by atoms with Crippen LogP contribution in [0.1, 0.15) is 12.8 Å². The molecule has 0 unspecified atom stereocenters. The van der Waals surface area contributed by atoms with Gasteiger partial charge in [-0.05, 0) is 49.2 Å². The fourth-order valence-corrected chi connectivity index (χ4v) is 1.68. The molecule has 1 heterocycles. The van der Waals surface area contributed by atoms with Gasteiger partial charge in [0.25, 0.3) is 0 Å². The fraction of sp³-hybridized carbons (Fsp3) is 0.400. The number of rotatable bonds is 0. The van der Waals surface area contributed by atoms with E-state index >= 15 is 0 Å². The minimum Gasteiger partial charge on any atom is -0.316 e. The predicted octanol–water partition coefficient (Wildman–Crippen LogP) is 0.952. The molecule has 1 saturated heterocycles. The molecule has 0 aromatic heterocycles. The van der Waals surface area contributed by atoms with Crippen LogP contribution in [0.5, 0.6) is 0 Å². The molecule has 1 aliphatic carbocycles. The van der Waals surface area contributed by atoms with Gasteiger partial charge in [0.2, 0.25) is 11.6 Å². The Labute approximate surface area is 93.0 Å². The van der Waals surface area contributed by atoms with Crippen LogP contribution in [0.15, 0.2) is 23.3 Å². The number of fused-ring (bicyclic) bond motifs is 1. The quantitative estimate of drug-likeness (QED) is 0.520. The lowest BCUT2D eigenvalue weighted by Crippen LogP contribution is -2.14. The minimum atomic E-state index is -0.374. The second-order valence-electron chi connectivity index (χ2n) is 3.32. The molecule has 0 aromatic carbocycles. The molecule has 2 rings (SSSR count). The van der Waals surface area contributed by atoms with Crippen LogP contribution in [-0.4, -0.2) is 24.7 Å². The first kappa shape index (κ1) is 11.3. The molecule has 1 aliphatic heterocycles. The molecule has 0 bridgehead atoms. The molecule has 0 atom stereocenters. The van der Waals surface area contributed by atoms with Gasteiger partial charge in [-0.25, -0.2) is 0 Å². The molecule has 0 amide bonds. The fourth-order valence-electron chi connectivity index (χ4n) is 1.68. The van der Waals surface area contributed by atoms with Crippen LogP contribution in [-0.2, 0) is 9.59 Å². The average molecular weight is 258 g/mol. The second-order valence-corrected chi connectivity index (χ2v) is 3.32. The number of carbonyl (C=O) groups excluding carboxylic acids is 2. The number of carbonyl (C=O) groups is 2. The number of ketones is 2. The summed E-state index contributed by atoms with van der Waals surface area (Å²) in [6.45, 7) is 1.79. The van der Waals surface area contributed by atoms with Gasteiger partial charge >= 0.3 is 0 Å². The maximum atomic E-state index is 11.1. The first-order valence-corrected chi connectivity index (χ1v) is 4.48. The summed E-state index contributed by atoms with van der Waals surface area (Å²) < 4.78 is 0. The lowest BCUT2D eigenvalue weighted by Gasteiger charge is -2.10. The van der Waals surface area contributed by atoms with Crippen molar-refractivity contribution in [1.82, 2.24) is 5.32 Å². The van der Waals surface area contributed by atoms with E-state index in [-0.39, 0.29) is 28.5 Å². The Morgan fingerprint density at radius 1 is 0.929 bits per heavy atom. The largest absolute Gasteiger partial charge is 0.316 e. The van der Waals surface area contributed by atoms with Gasteiger partial charge in [0, 0.05) is 0 Å². The van der Waals surface area contributed by atoms with E-state index in [1.165, 1.54) is 12.2 Å². The molecule has 1 fully saturated rings. The van der Waals surface area contributed by atoms with Crippen LogP contribution in [0.4, 0.5) is 0 Å². The second kappa shape index (κ2) is 4.66. The van der Waals surface area contributed by atoms with E-state index in [0.29, 0.717) is 0 Å². The van der Waals surface area contributed by atoms with Crippen LogP contribution in [0.25, 0.3) is 0 Å². The molecule has 2 aliphatic rings. The number of nitrogens with one attached hydrogen (secondary N) is 1. The molecule has 76 valence electrons. The highest BCUT2D eigenvalue weighted by Crippen LogP contribution is 2.22. The van der Waals surface area contributed by atoms with Crippen molar-refractivity contribution in [3.8, 4) is 0 Å². The molecule has 0 spiro atoms. The first-order chi connectivity index (χ1) is 6.27. The Morgan fingerprint density at radius 3 is 1.79 bits per heavy atom. The maximum Gasteiger partial charge on any atom is 0.225 e. The molecule has 0 aromatic rings. The topological polar surface area (TPSA) is 46.2 Å². The van der Waals surface area contributed by atoms with E-state index in [4.69, 9.17) is 0 Å². The number of hydrogen-bond acceptors (Lipinski definition) is 3. The highest BCUT2D eigenvalue weighted by atomic mass is 79.9. The summed E-state index contributed by atoms with van der Waals surface area (Å²) in [6.07, 6.45) is 4.69. The van der Waals surface area contributed by atoms with E-state index in [1.807, 2.05) is 0 Å². The van der Waals surface area contributed by atoms with Gasteiger partial charge < -0.3 is 5.32 Å². The van der Waals surface area contributed by atoms with Crippen molar-refractivity contribution in [2.75, 3.05) is 13.1 Å². The zero-order valence-electron chi connectivity index (χ0n) is 7.71. The summed E-state index contributed by atoms with van der Waals surface area (Å²) >= 11 is 0. The zero-order chi connectivity index (χ0) is 9.26. The monoisotopic (exact) mass is 257 g/mol. The molecule has 3 nitrogen and oxygen atoms in total. The summed E-state index contributed by atoms with van der Waals surface area (Å²) in [5.74, 6) is -0.749. The lowest BCUT2D eigenvalue weighted by molar-refractivity contribution is -0.131. The van der Waals surface area contributed by atoms with E-state index in [1.54, 1.807) is 0 Å². The predicted molar refractivity (Wildman–Crippen MR) is 58.6 cm³/mol. The van der Waals surface area contributed by atoms with Gasteiger partial charge in [-0.1, -0.05) is 0 Å². The molecule has 0 saturated carbocycles. The normalized spacial score (nSPS) is 21.4. The Kier molecular flexibility index (Phi) is 3.77. The molecule has 4 heteroatoms. The van der Waals surface area contributed by atoms with E-state index in [0.717, 1.165) is 37.1 Å². The number of halogens is 1. The average Bonchev–Trinajstić information content (AvgIpc) is 2.31. The molecular formula is C10H12BrNO2. The van der Waals surface area contributed by atoms with Crippen molar-refractivity contribution in [2.24, 2.45) is 0 Å². The SMILES string of the molecule is Br.O=C1C=C2CCNCCC2=CC1=O. The zero-order valence-corrected chi connectivity index (χ0v) is 9.42. The Balaban J connectivity index is 0.000000980. The van der Waals surface area contributed by atoms with E-state index < -0.39 is 0 Å². The standard InChI is InChI=1S/C10H11NO2.BrH/c12-9-5-7-1-3-11-4-2-8(7)6-10(9)13;/h5-6,11H,1-4H2;1H. The molecule has 0 radical (unpaired) electrons. The number of allylic oxidation sites excluding steroid dienone is 2. The van der Waals surface area contributed by atoms with Gasteiger partial charge in [-0.3, -0.25) is 9.59 Å². The van der Waals surface area contributed by atoms with Crippen molar-refractivity contribution >= 4 is 28.5 Å². The van der Waals surface area contributed by atoms with E-state index in [2.05, 4.69) is 5.32 Å². The number of hydrogen-bond donors (Lipinski definition) is 1. The Bertz CT molecular complexity index is 299. The first-order valence-electron chi connectivity index (χ1n) is 4.48. The molecular weight excluding hydrogens is 246 g/mol. The third-order valence-electron chi connectivity index (χ3n) is 2.41. The summed E-state index contributed by atoms with van der Waals surface area (Å²) in [6, 6.07) is 0. The van der Waals surface area contributed by atoms with Crippen LogP contribution >= 0.6 is 17.0 Å². The Hall–Kier alpha value is -0.740. The van der Waals surface area contributed by atoms with Gasteiger partial charge in [-0.2, -0.15) is 0 Å². The summed E-state index contributed by atoms with van der Waals surface area (Å²) in [7, 11) is 0. The van der Waals surface area contributed by atoms with Gasteiger partial charge in [0.15, 0.2) is 0 Å². The van der Waals surface area contributed by atoms with Crippen LogP contribution < -0.4 is 5.32 Å². The van der Waals surface area contributed by atoms with Crippen molar-refractivity contribution in [1.29, 1.82) is 0 Å². The van der Waals surface area contributed by atoms with Crippen molar-refractivity contribution in [3.63, 3.8) is 0 Å².